The molecule has 7 nitrogen and oxygen atoms in total. The van der Waals surface area contributed by atoms with Crippen molar-refractivity contribution in [3.63, 3.8) is 0 Å². The van der Waals surface area contributed by atoms with Crippen molar-refractivity contribution in [1.82, 2.24) is 10.3 Å². The lowest BCUT2D eigenvalue weighted by molar-refractivity contribution is -0.149. The van der Waals surface area contributed by atoms with Gasteiger partial charge in [0, 0.05) is 23.5 Å². The van der Waals surface area contributed by atoms with Gasteiger partial charge >= 0.3 is 5.97 Å². The van der Waals surface area contributed by atoms with Crippen LogP contribution in [0.1, 0.15) is 16.7 Å². The second-order valence-corrected chi connectivity index (χ2v) is 8.20. The Balaban J connectivity index is 1.44. The van der Waals surface area contributed by atoms with Gasteiger partial charge in [-0.1, -0.05) is 60.7 Å². The highest BCUT2D eigenvalue weighted by Gasteiger charge is 2.26. The van der Waals surface area contributed by atoms with Crippen molar-refractivity contribution < 1.29 is 19.4 Å². The van der Waals surface area contributed by atoms with Crippen LogP contribution in [0.15, 0.2) is 85.1 Å². The second kappa shape index (κ2) is 10.7. The summed E-state index contributed by atoms with van der Waals surface area (Å²) in [6.07, 6.45) is 2.38. The summed E-state index contributed by atoms with van der Waals surface area (Å²) in [5.41, 5.74) is 9.73. The Morgan fingerprint density at radius 2 is 1.62 bits per heavy atom. The largest absolute Gasteiger partial charge is 0.508 e. The maximum Gasteiger partial charge on any atom is 0.329 e. The fraction of sp³-hybridized carbons (Fsp3) is 0.185. The number of fused-ring (bicyclic) bond motifs is 1. The predicted molar refractivity (Wildman–Crippen MR) is 130 cm³/mol. The number of hydrogen-bond donors (Lipinski definition) is 4. The van der Waals surface area contributed by atoms with Crippen molar-refractivity contribution in [2.45, 2.75) is 31.5 Å². The monoisotopic (exact) mass is 457 g/mol. The summed E-state index contributed by atoms with van der Waals surface area (Å²) in [7, 11) is 0. The first-order chi connectivity index (χ1) is 16.5. The van der Waals surface area contributed by atoms with Crippen LogP contribution in [0.3, 0.4) is 0 Å². The van der Waals surface area contributed by atoms with Crippen LogP contribution in [0.5, 0.6) is 5.75 Å². The molecular weight excluding hydrogens is 430 g/mol. The third-order valence-electron chi connectivity index (χ3n) is 5.65. The number of benzene rings is 3. The minimum absolute atomic E-state index is 0.100. The number of rotatable bonds is 9. The van der Waals surface area contributed by atoms with Crippen LogP contribution < -0.4 is 11.1 Å². The number of H-pyrrole nitrogens is 1. The van der Waals surface area contributed by atoms with Gasteiger partial charge in [0.25, 0.3) is 0 Å². The van der Waals surface area contributed by atoms with E-state index in [1.165, 1.54) is 12.1 Å². The van der Waals surface area contributed by atoms with Gasteiger partial charge in [-0.15, -0.1) is 0 Å². The smallest absolute Gasteiger partial charge is 0.329 e. The Morgan fingerprint density at radius 1 is 0.912 bits per heavy atom. The number of aromatic amines is 1. The number of nitrogens with one attached hydrogen (secondary N) is 2. The van der Waals surface area contributed by atoms with Gasteiger partial charge in [0.2, 0.25) is 5.91 Å². The molecule has 1 amide bonds. The number of carbonyl (C=O) groups is 2. The number of phenolic OH excluding ortho intramolecular Hbond substituents is 1. The highest BCUT2D eigenvalue weighted by atomic mass is 16.5. The number of carbonyl (C=O) groups excluding carboxylic acids is 2. The van der Waals surface area contributed by atoms with Crippen LogP contribution in [0.25, 0.3) is 10.9 Å². The molecule has 0 spiro atoms. The minimum Gasteiger partial charge on any atom is -0.508 e. The Morgan fingerprint density at radius 3 is 2.38 bits per heavy atom. The maximum atomic E-state index is 12.9. The molecule has 0 fully saturated rings. The molecule has 0 aliphatic heterocycles. The molecule has 3 aromatic carbocycles. The van der Waals surface area contributed by atoms with Gasteiger partial charge in [0.05, 0.1) is 6.04 Å². The maximum absolute atomic E-state index is 12.9. The van der Waals surface area contributed by atoms with Gasteiger partial charge in [0.1, 0.15) is 18.4 Å². The molecule has 1 aromatic heterocycles. The van der Waals surface area contributed by atoms with Crippen LogP contribution in [0.4, 0.5) is 0 Å². The molecule has 0 aliphatic rings. The van der Waals surface area contributed by atoms with E-state index in [2.05, 4.69) is 10.3 Å². The quantitative estimate of drug-likeness (QED) is 0.288. The highest BCUT2D eigenvalue weighted by molar-refractivity contribution is 5.89. The third kappa shape index (κ3) is 5.82. The number of para-hydroxylation sites is 1. The molecule has 4 aromatic rings. The number of aromatic hydroxyl groups is 1. The summed E-state index contributed by atoms with van der Waals surface area (Å²) >= 11 is 0. The number of aromatic nitrogens is 1. The summed E-state index contributed by atoms with van der Waals surface area (Å²) in [6.45, 7) is 0.100. The Bertz CT molecular complexity index is 1250. The van der Waals surface area contributed by atoms with Crippen LogP contribution >= 0.6 is 0 Å². The molecule has 0 bridgehead atoms. The van der Waals surface area contributed by atoms with E-state index in [-0.39, 0.29) is 18.8 Å². The van der Waals surface area contributed by atoms with Crippen LogP contribution in [0.2, 0.25) is 0 Å². The molecule has 0 saturated heterocycles. The van der Waals surface area contributed by atoms with Gasteiger partial charge < -0.3 is 25.9 Å². The van der Waals surface area contributed by atoms with Crippen molar-refractivity contribution >= 4 is 22.8 Å². The lowest BCUT2D eigenvalue weighted by atomic mass is 10.0. The molecule has 0 saturated carbocycles. The first kappa shape index (κ1) is 23.1. The molecule has 4 rings (SSSR count). The zero-order valence-corrected chi connectivity index (χ0v) is 18.6. The fourth-order valence-electron chi connectivity index (χ4n) is 3.80. The second-order valence-electron chi connectivity index (χ2n) is 8.20. The van der Waals surface area contributed by atoms with Gasteiger partial charge in [-0.3, -0.25) is 4.79 Å². The van der Waals surface area contributed by atoms with Crippen molar-refractivity contribution in [2.75, 3.05) is 0 Å². The van der Waals surface area contributed by atoms with Gasteiger partial charge in [-0.05, 0) is 41.3 Å². The van der Waals surface area contributed by atoms with Crippen molar-refractivity contribution in [1.29, 1.82) is 0 Å². The highest BCUT2D eigenvalue weighted by Crippen LogP contribution is 2.19. The first-order valence-corrected chi connectivity index (χ1v) is 11.1. The summed E-state index contributed by atoms with van der Waals surface area (Å²) in [4.78, 5) is 29.0. The molecular formula is C27H27N3O4. The zero-order valence-electron chi connectivity index (χ0n) is 18.6. The molecule has 2 atom stereocenters. The summed E-state index contributed by atoms with van der Waals surface area (Å²) in [5.74, 6) is -0.868. The summed E-state index contributed by atoms with van der Waals surface area (Å²) in [6, 6.07) is 21.8. The van der Waals surface area contributed by atoms with E-state index in [1.807, 2.05) is 60.8 Å². The number of esters is 1. The lowest BCUT2D eigenvalue weighted by Gasteiger charge is -2.20. The van der Waals surface area contributed by atoms with Crippen molar-refractivity contribution in [3.8, 4) is 5.75 Å². The fourth-order valence-corrected chi connectivity index (χ4v) is 3.80. The first-order valence-electron chi connectivity index (χ1n) is 11.1. The molecule has 7 heteroatoms. The van der Waals surface area contributed by atoms with Gasteiger partial charge in [-0.2, -0.15) is 0 Å². The van der Waals surface area contributed by atoms with E-state index >= 15 is 0 Å². The average molecular weight is 458 g/mol. The number of ether oxygens (including phenoxy) is 1. The molecule has 5 N–H and O–H groups in total. The van der Waals surface area contributed by atoms with Crippen LogP contribution in [0, 0.1) is 0 Å². The number of amides is 1. The molecule has 0 unspecified atom stereocenters. The minimum atomic E-state index is -0.922. The summed E-state index contributed by atoms with van der Waals surface area (Å²) in [5, 5.41) is 13.3. The van der Waals surface area contributed by atoms with Crippen molar-refractivity contribution in [2.24, 2.45) is 5.73 Å². The Kier molecular flexibility index (Phi) is 7.25. The van der Waals surface area contributed by atoms with Gasteiger partial charge in [0.15, 0.2) is 0 Å². The van der Waals surface area contributed by atoms with Gasteiger partial charge in [-0.25, -0.2) is 4.79 Å². The lowest BCUT2D eigenvalue weighted by Crippen LogP contribution is -2.50. The molecule has 0 aliphatic carbocycles. The number of hydrogen-bond acceptors (Lipinski definition) is 5. The average Bonchev–Trinajstić information content (AvgIpc) is 3.26. The van der Waals surface area contributed by atoms with Crippen molar-refractivity contribution in [3.05, 3.63) is 102 Å². The molecule has 1 heterocycles. The standard InChI is InChI=1S/C27H27N3O4/c28-23(15-20-16-29-24-9-5-4-8-22(20)24)26(32)30-25(14-18-10-12-21(31)13-11-18)27(33)34-17-19-6-2-1-3-7-19/h1-13,16,23,25,29,31H,14-15,17,28H2,(H,30,32)/t23-,25-/m0/s1. The van der Waals surface area contributed by atoms with Crippen LogP contribution in [-0.2, 0) is 33.8 Å². The van der Waals surface area contributed by atoms with E-state index in [4.69, 9.17) is 10.5 Å². The zero-order chi connectivity index (χ0) is 23.9. The van der Waals surface area contributed by atoms with E-state index in [0.29, 0.717) is 6.42 Å². The normalized spacial score (nSPS) is 12.7. The van der Waals surface area contributed by atoms with Crippen LogP contribution in [-0.4, -0.2) is 34.1 Å². The van der Waals surface area contributed by atoms with E-state index in [1.54, 1.807) is 12.1 Å². The Labute approximate surface area is 197 Å². The molecule has 34 heavy (non-hydrogen) atoms. The predicted octanol–water partition coefficient (Wildman–Crippen LogP) is 3.21. The number of nitrogens with two attached hydrogens (primary N) is 1. The SMILES string of the molecule is N[C@@H](Cc1c[nH]c2ccccc12)C(=O)N[C@@H](Cc1ccc(O)cc1)C(=O)OCc1ccccc1. The Hall–Kier alpha value is -4.10. The topological polar surface area (TPSA) is 117 Å². The van der Waals surface area contributed by atoms with E-state index < -0.39 is 24.0 Å². The van der Waals surface area contributed by atoms with E-state index in [9.17, 15) is 14.7 Å². The molecule has 0 radical (unpaired) electrons. The molecule has 174 valence electrons. The summed E-state index contributed by atoms with van der Waals surface area (Å²) < 4.78 is 5.48. The van der Waals surface area contributed by atoms with E-state index in [0.717, 1.165) is 27.6 Å². The number of phenols is 1. The third-order valence-corrected chi connectivity index (χ3v) is 5.65.